The van der Waals surface area contributed by atoms with Gasteiger partial charge in [-0.2, -0.15) is 0 Å². The third-order valence-electron chi connectivity index (χ3n) is 6.33. The number of aliphatic hydroxyl groups is 1. The number of fused-ring (bicyclic) bond motifs is 1. The highest BCUT2D eigenvalue weighted by atomic mass is 32.2. The number of hydrogen-bond acceptors (Lipinski definition) is 5. The zero-order valence-corrected chi connectivity index (χ0v) is 17.4. The summed E-state index contributed by atoms with van der Waals surface area (Å²) in [5.74, 6) is 1.10. The molecular formula is C23H26O5S. The standard InChI is InChI=1S/C23H26O5S/c1-27-18-7-3-16(4-8-18)11-13-23(24)15-20(17-5-9-19(28-2)10-6-17)22-21(23)12-14-29(22,25)26/h3-11,13,20-22,24H,12,14-15H2,1-2H3. The van der Waals surface area contributed by atoms with E-state index in [0.29, 0.717) is 12.8 Å². The fourth-order valence-electron chi connectivity index (χ4n) is 4.83. The molecule has 1 N–H and O–H groups in total. The predicted octanol–water partition coefficient (Wildman–Crippen LogP) is 3.44. The number of sulfone groups is 1. The quantitative estimate of drug-likeness (QED) is 0.811. The van der Waals surface area contributed by atoms with Crippen molar-refractivity contribution in [3.63, 3.8) is 0 Å². The molecule has 2 aromatic rings. The van der Waals surface area contributed by atoms with Gasteiger partial charge < -0.3 is 14.6 Å². The van der Waals surface area contributed by atoms with E-state index in [1.54, 1.807) is 20.3 Å². The minimum Gasteiger partial charge on any atom is -0.497 e. The molecule has 2 aromatic carbocycles. The molecule has 4 atom stereocenters. The van der Waals surface area contributed by atoms with Crippen LogP contribution >= 0.6 is 0 Å². The largest absolute Gasteiger partial charge is 0.497 e. The van der Waals surface area contributed by atoms with Gasteiger partial charge in [-0.3, -0.25) is 0 Å². The third kappa shape index (κ3) is 3.67. The second-order valence-corrected chi connectivity index (χ2v) is 10.2. The Morgan fingerprint density at radius 1 is 1.00 bits per heavy atom. The Labute approximate surface area is 171 Å². The molecule has 5 nitrogen and oxygen atoms in total. The Hall–Kier alpha value is -2.31. The molecule has 2 aliphatic rings. The van der Waals surface area contributed by atoms with Crippen LogP contribution in [0, 0.1) is 5.92 Å². The molecule has 6 heteroatoms. The molecule has 4 rings (SSSR count). The predicted molar refractivity (Wildman–Crippen MR) is 113 cm³/mol. The number of hydrogen-bond donors (Lipinski definition) is 1. The first-order valence-electron chi connectivity index (χ1n) is 9.77. The van der Waals surface area contributed by atoms with Crippen molar-refractivity contribution in [1.82, 2.24) is 0 Å². The van der Waals surface area contributed by atoms with E-state index < -0.39 is 20.7 Å². The van der Waals surface area contributed by atoms with Crippen molar-refractivity contribution in [2.24, 2.45) is 5.92 Å². The molecule has 154 valence electrons. The average molecular weight is 415 g/mol. The Balaban J connectivity index is 1.65. The fourth-order valence-corrected chi connectivity index (χ4v) is 7.31. The number of rotatable bonds is 5. The van der Waals surface area contributed by atoms with E-state index in [4.69, 9.17) is 9.47 Å². The van der Waals surface area contributed by atoms with Gasteiger partial charge in [0.2, 0.25) is 0 Å². The van der Waals surface area contributed by atoms with Gasteiger partial charge in [-0.1, -0.05) is 36.4 Å². The first-order valence-corrected chi connectivity index (χ1v) is 11.5. The van der Waals surface area contributed by atoms with Crippen molar-refractivity contribution >= 4 is 15.9 Å². The summed E-state index contributed by atoms with van der Waals surface area (Å²) in [5.41, 5.74) is 0.711. The molecule has 1 aliphatic heterocycles. The van der Waals surface area contributed by atoms with Crippen LogP contribution < -0.4 is 9.47 Å². The zero-order chi connectivity index (χ0) is 20.6. The lowest BCUT2D eigenvalue weighted by atomic mass is 9.88. The second kappa shape index (κ2) is 7.50. The van der Waals surface area contributed by atoms with Crippen molar-refractivity contribution in [3.05, 3.63) is 65.7 Å². The summed E-state index contributed by atoms with van der Waals surface area (Å²) in [6, 6.07) is 15.1. The summed E-state index contributed by atoms with van der Waals surface area (Å²) >= 11 is 0. The van der Waals surface area contributed by atoms with Crippen LogP contribution in [0.5, 0.6) is 11.5 Å². The highest BCUT2D eigenvalue weighted by Gasteiger charge is 2.59. The molecule has 0 spiro atoms. The Morgan fingerprint density at radius 3 is 2.17 bits per heavy atom. The monoisotopic (exact) mass is 414 g/mol. The number of benzene rings is 2. The van der Waals surface area contributed by atoms with Gasteiger partial charge in [0.05, 0.1) is 30.8 Å². The zero-order valence-electron chi connectivity index (χ0n) is 16.6. The Kier molecular flexibility index (Phi) is 5.17. The normalized spacial score (nSPS) is 30.4. The maximum atomic E-state index is 12.8. The first-order chi connectivity index (χ1) is 13.9. The van der Waals surface area contributed by atoms with E-state index in [0.717, 1.165) is 22.6 Å². The van der Waals surface area contributed by atoms with Gasteiger partial charge in [-0.05, 0) is 48.2 Å². The molecule has 1 heterocycles. The van der Waals surface area contributed by atoms with Gasteiger partial charge in [0.15, 0.2) is 9.84 Å². The van der Waals surface area contributed by atoms with E-state index in [1.165, 1.54) is 0 Å². The summed E-state index contributed by atoms with van der Waals surface area (Å²) in [5, 5.41) is 10.9. The highest BCUT2D eigenvalue weighted by molar-refractivity contribution is 7.92. The lowest BCUT2D eigenvalue weighted by molar-refractivity contribution is 0.0529. The molecule has 0 aromatic heterocycles. The van der Waals surface area contributed by atoms with Crippen molar-refractivity contribution in [2.75, 3.05) is 20.0 Å². The van der Waals surface area contributed by atoms with Crippen LogP contribution in [0.25, 0.3) is 6.08 Å². The van der Waals surface area contributed by atoms with E-state index in [1.807, 2.05) is 54.6 Å². The molecule has 0 bridgehead atoms. The fraction of sp³-hybridized carbons (Fsp3) is 0.391. The van der Waals surface area contributed by atoms with Crippen LogP contribution in [0.2, 0.25) is 0 Å². The summed E-state index contributed by atoms with van der Waals surface area (Å²) in [6.45, 7) is 0. The topological polar surface area (TPSA) is 72.8 Å². The van der Waals surface area contributed by atoms with Gasteiger partial charge >= 0.3 is 0 Å². The lowest BCUT2D eigenvalue weighted by Gasteiger charge is -2.25. The molecule has 0 amide bonds. The molecule has 2 fully saturated rings. The number of methoxy groups -OCH3 is 2. The van der Waals surface area contributed by atoms with Gasteiger partial charge in [0, 0.05) is 11.8 Å². The minimum atomic E-state index is -3.24. The van der Waals surface area contributed by atoms with Crippen molar-refractivity contribution in [2.45, 2.75) is 29.6 Å². The van der Waals surface area contributed by atoms with Gasteiger partial charge in [0.25, 0.3) is 0 Å². The van der Waals surface area contributed by atoms with Gasteiger partial charge in [-0.25, -0.2) is 8.42 Å². The third-order valence-corrected chi connectivity index (χ3v) is 8.63. The maximum absolute atomic E-state index is 12.8. The van der Waals surface area contributed by atoms with Crippen LogP contribution in [0.3, 0.4) is 0 Å². The van der Waals surface area contributed by atoms with Gasteiger partial charge in [0.1, 0.15) is 11.5 Å². The maximum Gasteiger partial charge on any atom is 0.154 e. The Bertz CT molecular complexity index is 995. The SMILES string of the molecule is COc1ccc(C=CC2(O)CC(c3ccc(OC)cc3)C3C2CCS3(=O)=O)cc1. The first kappa shape index (κ1) is 20.0. The van der Waals surface area contributed by atoms with Crippen molar-refractivity contribution in [1.29, 1.82) is 0 Å². The van der Waals surface area contributed by atoms with Crippen LogP contribution in [0.4, 0.5) is 0 Å². The summed E-state index contributed by atoms with van der Waals surface area (Å²) in [4.78, 5) is 0. The van der Waals surface area contributed by atoms with E-state index >= 15 is 0 Å². The van der Waals surface area contributed by atoms with E-state index in [-0.39, 0.29) is 17.6 Å². The second-order valence-electron chi connectivity index (χ2n) is 7.91. The van der Waals surface area contributed by atoms with Crippen molar-refractivity contribution in [3.8, 4) is 11.5 Å². The summed E-state index contributed by atoms with van der Waals surface area (Å²) in [6.07, 6.45) is 4.54. The van der Waals surface area contributed by atoms with E-state index in [9.17, 15) is 13.5 Å². The molecule has 1 saturated carbocycles. The minimum absolute atomic E-state index is 0.133. The number of ether oxygens (including phenoxy) is 2. The molecule has 0 radical (unpaired) electrons. The van der Waals surface area contributed by atoms with Gasteiger partial charge in [-0.15, -0.1) is 0 Å². The average Bonchev–Trinajstić information content (AvgIpc) is 3.23. The lowest BCUT2D eigenvalue weighted by Crippen LogP contribution is -2.33. The molecule has 29 heavy (non-hydrogen) atoms. The molecule has 1 aliphatic carbocycles. The van der Waals surface area contributed by atoms with Crippen LogP contribution in [-0.4, -0.2) is 44.3 Å². The molecule has 4 unspecified atom stereocenters. The van der Waals surface area contributed by atoms with Crippen molar-refractivity contribution < 1.29 is 23.0 Å². The van der Waals surface area contributed by atoms with Crippen LogP contribution in [0.1, 0.15) is 29.9 Å². The van der Waals surface area contributed by atoms with Crippen LogP contribution in [-0.2, 0) is 9.84 Å². The molecule has 1 saturated heterocycles. The highest BCUT2D eigenvalue weighted by Crippen LogP contribution is 2.54. The summed E-state index contributed by atoms with van der Waals surface area (Å²) < 4.78 is 36.0. The molecular weight excluding hydrogens is 388 g/mol. The smallest absolute Gasteiger partial charge is 0.154 e. The van der Waals surface area contributed by atoms with E-state index in [2.05, 4.69) is 0 Å². The summed E-state index contributed by atoms with van der Waals surface area (Å²) in [7, 11) is -0.0224. The van der Waals surface area contributed by atoms with Crippen LogP contribution in [0.15, 0.2) is 54.6 Å². The Morgan fingerprint density at radius 2 is 1.59 bits per heavy atom.